The fourth-order valence-corrected chi connectivity index (χ4v) is 4.75. The van der Waals surface area contributed by atoms with Crippen LogP contribution < -0.4 is 23.8 Å². The zero-order valence-electron chi connectivity index (χ0n) is 19.4. The Labute approximate surface area is 200 Å². The standard InChI is InChI=1S/C25H28N2O6S/c1-4-33-21-10-8-9-19(15-21)17-26-25(28)18-27(34(29,30)22-11-6-5-7-12-22)23-16-20(31-2)13-14-24(23)32-3/h5-16H,4,17-18H2,1-3H3,(H,26,28). The highest BCUT2D eigenvalue weighted by atomic mass is 32.2. The number of carbonyl (C=O) groups excluding carboxylic acids is 1. The average molecular weight is 485 g/mol. The molecule has 34 heavy (non-hydrogen) atoms. The minimum Gasteiger partial charge on any atom is -0.497 e. The molecular weight excluding hydrogens is 456 g/mol. The summed E-state index contributed by atoms with van der Waals surface area (Å²) < 4.78 is 44.3. The van der Waals surface area contributed by atoms with E-state index in [-0.39, 0.29) is 22.9 Å². The van der Waals surface area contributed by atoms with Crippen molar-refractivity contribution < 1.29 is 27.4 Å². The summed E-state index contributed by atoms with van der Waals surface area (Å²) in [5, 5.41) is 2.79. The van der Waals surface area contributed by atoms with Gasteiger partial charge in [0.05, 0.1) is 31.4 Å². The van der Waals surface area contributed by atoms with Crippen LogP contribution in [0.25, 0.3) is 0 Å². The van der Waals surface area contributed by atoms with E-state index in [1.807, 2.05) is 31.2 Å². The number of anilines is 1. The number of hydrogen-bond donors (Lipinski definition) is 1. The van der Waals surface area contributed by atoms with Crippen LogP contribution >= 0.6 is 0 Å². The number of amides is 1. The summed E-state index contributed by atoms with van der Waals surface area (Å²) in [6, 6.07) is 20.0. The van der Waals surface area contributed by atoms with Crippen LogP contribution in [0.2, 0.25) is 0 Å². The van der Waals surface area contributed by atoms with E-state index in [2.05, 4.69) is 5.32 Å². The van der Waals surface area contributed by atoms with Gasteiger partial charge in [-0.1, -0.05) is 30.3 Å². The van der Waals surface area contributed by atoms with Crippen molar-refractivity contribution in [3.63, 3.8) is 0 Å². The fourth-order valence-electron chi connectivity index (χ4n) is 3.31. The Morgan fingerprint density at radius 3 is 2.35 bits per heavy atom. The van der Waals surface area contributed by atoms with Gasteiger partial charge in [0.25, 0.3) is 10.0 Å². The summed E-state index contributed by atoms with van der Waals surface area (Å²) in [4.78, 5) is 13.0. The Bertz CT molecular complexity index is 1220. The summed E-state index contributed by atoms with van der Waals surface area (Å²) in [5.74, 6) is 0.935. The van der Waals surface area contributed by atoms with Gasteiger partial charge in [-0.15, -0.1) is 0 Å². The second kappa shape index (κ2) is 11.4. The number of benzene rings is 3. The van der Waals surface area contributed by atoms with E-state index in [9.17, 15) is 13.2 Å². The van der Waals surface area contributed by atoms with E-state index in [4.69, 9.17) is 14.2 Å². The molecule has 0 aliphatic heterocycles. The lowest BCUT2D eigenvalue weighted by Gasteiger charge is -2.26. The van der Waals surface area contributed by atoms with Crippen LogP contribution in [0, 0.1) is 0 Å². The van der Waals surface area contributed by atoms with E-state index in [0.29, 0.717) is 18.1 Å². The van der Waals surface area contributed by atoms with Gasteiger partial charge in [-0.25, -0.2) is 8.42 Å². The maximum Gasteiger partial charge on any atom is 0.264 e. The Kier molecular flexibility index (Phi) is 8.37. The number of carbonyl (C=O) groups is 1. The van der Waals surface area contributed by atoms with Crippen molar-refractivity contribution in [2.45, 2.75) is 18.4 Å². The van der Waals surface area contributed by atoms with Gasteiger partial charge >= 0.3 is 0 Å². The molecule has 3 rings (SSSR count). The van der Waals surface area contributed by atoms with Crippen molar-refractivity contribution >= 4 is 21.6 Å². The third-order valence-electron chi connectivity index (χ3n) is 4.97. The van der Waals surface area contributed by atoms with Crippen LogP contribution in [0.3, 0.4) is 0 Å². The molecule has 3 aromatic carbocycles. The molecule has 0 bridgehead atoms. The first-order valence-electron chi connectivity index (χ1n) is 10.7. The SMILES string of the molecule is CCOc1cccc(CNC(=O)CN(c2cc(OC)ccc2OC)S(=O)(=O)c2ccccc2)c1. The molecule has 1 amide bonds. The molecule has 0 unspecified atom stereocenters. The lowest BCUT2D eigenvalue weighted by molar-refractivity contribution is -0.119. The Hall–Kier alpha value is -3.72. The van der Waals surface area contributed by atoms with E-state index in [1.165, 1.54) is 32.4 Å². The highest BCUT2D eigenvalue weighted by Crippen LogP contribution is 2.35. The number of rotatable bonds is 11. The molecule has 0 aliphatic carbocycles. The minimum atomic E-state index is -4.09. The van der Waals surface area contributed by atoms with Crippen LogP contribution in [0.4, 0.5) is 5.69 Å². The van der Waals surface area contributed by atoms with Crippen LogP contribution in [-0.2, 0) is 21.4 Å². The zero-order valence-corrected chi connectivity index (χ0v) is 20.2. The van der Waals surface area contributed by atoms with Crippen molar-refractivity contribution in [1.82, 2.24) is 5.32 Å². The van der Waals surface area contributed by atoms with Crippen LogP contribution in [-0.4, -0.2) is 41.7 Å². The predicted molar refractivity (Wildman–Crippen MR) is 130 cm³/mol. The Morgan fingerprint density at radius 1 is 0.912 bits per heavy atom. The molecule has 0 radical (unpaired) electrons. The Balaban J connectivity index is 1.90. The monoisotopic (exact) mass is 484 g/mol. The third kappa shape index (κ3) is 5.99. The number of sulfonamides is 1. The topological polar surface area (TPSA) is 94.2 Å². The highest BCUT2D eigenvalue weighted by molar-refractivity contribution is 7.92. The lowest BCUT2D eigenvalue weighted by atomic mass is 10.2. The van der Waals surface area contributed by atoms with Gasteiger partial charge < -0.3 is 19.5 Å². The van der Waals surface area contributed by atoms with Crippen LogP contribution in [0.1, 0.15) is 12.5 Å². The van der Waals surface area contributed by atoms with Crippen LogP contribution in [0.5, 0.6) is 17.2 Å². The molecule has 180 valence electrons. The molecule has 0 heterocycles. The molecule has 1 N–H and O–H groups in total. The van der Waals surface area contributed by atoms with Gasteiger partial charge in [0.15, 0.2) is 0 Å². The minimum absolute atomic E-state index is 0.0529. The number of nitrogens with one attached hydrogen (secondary N) is 1. The lowest BCUT2D eigenvalue weighted by Crippen LogP contribution is -2.40. The second-order valence-electron chi connectivity index (χ2n) is 7.22. The maximum atomic E-state index is 13.6. The number of ether oxygens (including phenoxy) is 3. The normalized spacial score (nSPS) is 10.9. The summed E-state index contributed by atoms with van der Waals surface area (Å²) in [6.45, 7) is 2.19. The molecule has 0 atom stereocenters. The average Bonchev–Trinajstić information content (AvgIpc) is 2.86. The number of hydrogen-bond acceptors (Lipinski definition) is 6. The summed E-state index contributed by atoms with van der Waals surface area (Å²) >= 11 is 0. The van der Waals surface area contributed by atoms with Gasteiger partial charge in [0, 0.05) is 12.6 Å². The highest BCUT2D eigenvalue weighted by Gasteiger charge is 2.29. The van der Waals surface area contributed by atoms with Gasteiger partial charge in [0.2, 0.25) is 5.91 Å². The van der Waals surface area contributed by atoms with Gasteiger partial charge in [-0.05, 0) is 48.9 Å². The molecule has 0 fully saturated rings. The molecule has 9 heteroatoms. The number of nitrogens with zero attached hydrogens (tertiary/aromatic N) is 1. The molecule has 0 aromatic heterocycles. The van der Waals surface area contributed by atoms with Gasteiger partial charge in [-0.3, -0.25) is 9.10 Å². The summed E-state index contributed by atoms with van der Waals surface area (Å²) in [6.07, 6.45) is 0. The fraction of sp³-hybridized carbons (Fsp3) is 0.240. The Morgan fingerprint density at radius 2 is 1.68 bits per heavy atom. The third-order valence-corrected chi connectivity index (χ3v) is 6.75. The van der Waals surface area contributed by atoms with E-state index < -0.39 is 22.5 Å². The largest absolute Gasteiger partial charge is 0.497 e. The van der Waals surface area contributed by atoms with E-state index in [1.54, 1.807) is 30.3 Å². The first kappa shape index (κ1) is 24.9. The van der Waals surface area contributed by atoms with Crippen molar-refractivity contribution in [2.75, 3.05) is 31.7 Å². The first-order chi connectivity index (χ1) is 16.4. The summed E-state index contributed by atoms with van der Waals surface area (Å²) in [7, 11) is -1.18. The van der Waals surface area contributed by atoms with Crippen molar-refractivity contribution in [3.8, 4) is 17.2 Å². The quantitative estimate of drug-likeness (QED) is 0.447. The molecular formula is C25H28N2O6S. The van der Waals surface area contributed by atoms with Crippen molar-refractivity contribution in [3.05, 3.63) is 78.4 Å². The first-order valence-corrected chi connectivity index (χ1v) is 12.1. The summed E-state index contributed by atoms with van der Waals surface area (Å²) in [5.41, 5.74) is 1.02. The van der Waals surface area contributed by atoms with Gasteiger partial charge in [-0.2, -0.15) is 0 Å². The maximum absolute atomic E-state index is 13.6. The zero-order chi connectivity index (χ0) is 24.6. The van der Waals surface area contributed by atoms with Gasteiger partial charge in [0.1, 0.15) is 23.8 Å². The predicted octanol–water partition coefficient (Wildman–Crippen LogP) is 3.61. The van der Waals surface area contributed by atoms with Crippen molar-refractivity contribution in [1.29, 1.82) is 0 Å². The molecule has 0 saturated carbocycles. The molecule has 3 aromatic rings. The molecule has 0 saturated heterocycles. The van der Waals surface area contributed by atoms with Crippen molar-refractivity contribution in [2.24, 2.45) is 0 Å². The van der Waals surface area contributed by atoms with Crippen LogP contribution in [0.15, 0.2) is 77.7 Å². The second-order valence-corrected chi connectivity index (χ2v) is 9.08. The number of methoxy groups -OCH3 is 2. The van der Waals surface area contributed by atoms with E-state index >= 15 is 0 Å². The van der Waals surface area contributed by atoms with E-state index in [0.717, 1.165) is 9.87 Å². The molecule has 0 aliphatic rings. The molecule has 8 nitrogen and oxygen atoms in total. The molecule has 0 spiro atoms. The smallest absolute Gasteiger partial charge is 0.264 e.